The molecule has 1 aromatic carbocycles. The van der Waals surface area contributed by atoms with Gasteiger partial charge in [-0.05, 0) is 30.7 Å². The molecule has 11 nitrogen and oxygen atoms in total. The maximum Gasteiger partial charge on any atom is 0.270 e. The Morgan fingerprint density at radius 1 is 1.00 bits per heavy atom. The first-order valence-electron chi connectivity index (χ1n) is 8.83. The number of rotatable bonds is 9. The molecule has 0 fully saturated rings. The highest BCUT2D eigenvalue weighted by Crippen LogP contribution is 2.17. The van der Waals surface area contributed by atoms with Gasteiger partial charge in [-0.1, -0.05) is 6.07 Å². The Labute approximate surface area is 172 Å². The van der Waals surface area contributed by atoms with Crippen LogP contribution < -0.4 is 15.4 Å². The van der Waals surface area contributed by atoms with Crippen LogP contribution in [0.25, 0.3) is 0 Å². The summed E-state index contributed by atoms with van der Waals surface area (Å²) < 4.78 is 27.0. The van der Waals surface area contributed by atoms with Gasteiger partial charge in [0.05, 0.1) is 9.82 Å². The van der Waals surface area contributed by atoms with E-state index in [-0.39, 0.29) is 23.7 Å². The lowest BCUT2D eigenvalue weighted by molar-refractivity contribution is -0.385. The fraction of sp³-hybridized carbons (Fsp3) is 0.167. The molecular weight excluding hydrogens is 410 g/mol. The highest BCUT2D eigenvalue weighted by atomic mass is 32.2. The fourth-order valence-electron chi connectivity index (χ4n) is 2.48. The second kappa shape index (κ2) is 9.24. The van der Waals surface area contributed by atoms with E-state index in [1.807, 2.05) is 19.1 Å². The number of benzene rings is 1. The molecule has 0 saturated heterocycles. The van der Waals surface area contributed by atoms with Crippen LogP contribution in [0.4, 0.5) is 23.1 Å². The number of pyridine rings is 1. The lowest BCUT2D eigenvalue weighted by atomic mass is 10.3. The average Bonchev–Trinajstić information content (AvgIpc) is 2.72. The average molecular weight is 429 g/mol. The summed E-state index contributed by atoms with van der Waals surface area (Å²) >= 11 is 0. The van der Waals surface area contributed by atoms with E-state index in [9.17, 15) is 18.5 Å². The minimum Gasteiger partial charge on any atom is -0.369 e. The van der Waals surface area contributed by atoms with Crippen LogP contribution in [0.3, 0.4) is 0 Å². The van der Waals surface area contributed by atoms with Gasteiger partial charge in [0.25, 0.3) is 5.69 Å². The van der Waals surface area contributed by atoms with Crippen molar-refractivity contribution in [3.8, 4) is 0 Å². The van der Waals surface area contributed by atoms with Crippen LogP contribution in [0.1, 0.15) is 5.56 Å². The highest BCUT2D eigenvalue weighted by Gasteiger charge is 2.17. The number of hydrogen-bond acceptors (Lipinski definition) is 9. The number of hydrogen-bond donors (Lipinski definition) is 3. The molecule has 0 unspecified atom stereocenters. The number of nitrogens with one attached hydrogen (secondary N) is 3. The summed E-state index contributed by atoms with van der Waals surface area (Å²) in [7, 11) is -3.87. The fourth-order valence-corrected chi connectivity index (χ4v) is 3.55. The summed E-state index contributed by atoms with van der Waals surface area (Å²) in [5.74, 6) is 1.67. The molecule has 30 heavy (non-hydrogen) atoms. The monoisotopic (exact) mass is 429 g/mol. The van der Waals surface area contributed by atoms with E-state index in [1.165, 1.54) is 24.5 Å². The van der Waals surface area contributed by atoms with E-state index < -0.39 is 14.9 Å². The van der Waals surface area contributed by atoms with Crippen LogP contribution in [0, 0.1) is 17.0 Å². The van der Waals surface area contributed by atoms with E-state index in [0.29, 0.717) is 17.5 Å². The predicted octanol–water partition coefficient (Wildman–Crippen LogP) is 2.22. The van der Waals surface area contributed by atoms with Gasteiger partial charge in [-0.15, -0.1) is 0 Å². The standard InChI is InChI=1S/C18H19N7O4S/c1-13-5-6-19-17(9-13)24-18-11-16(21-12-22-18)20-7-8-23-30(28,29)15-4-2-3-14(10-15)25(26)27/h2-6,9-12,23H,7-8H2,1H3,(H2,19,20,21,22,24). The third kappa shape index (κ3) is 5.68. The smallest absolute Gasteiger partial charge is 0.270 e. The number of aromatic nitrogens is 3. The SMILES string of the molecule is Cc1ccnc(Nc2cc(NCCNS(=O)(=O)c3cccc([N+](=O)[O-])c3)ncn2)c1. The Bertz CT molecular complexity index is 1150. The molecule has 0 aliphatic rings. The van der Waals surface area contributed by atoms with Crippen LogP contribution in [0.15, 0.2) is 59.9 Å². The summed E-state index contributed by atoms with van der Waals surface area (Å²) in [6.45, 7) is 2.25. The number of non-ortho nitro benzene ring substituents is 1. The number of aryl methyl sites for hydroxylation is 1. The molecule has 0 bridgehead atoms. The van der Waals surface area contributed by atoms with Gasteiger partial charge in [0.15, 0.2) is 0 Å². The lowest BCUT2D eigenvalue weighted by Gasteiger charge is -2.10. The molecular formula is C18H19N7O4S. The van der Waals surface area contributed by atoms with E-state index >= 15 is 0 Å². The normalized spacial score (nSPS) is 11.1. The Kier molecular flexibility index (Phi) is 6.49. The molecule has 0 aliphatic heterocycles. The lowest BCUT2D eigenvalue weighted by Crippen LogP contribution is -2.29. The van der Waals surface area contributed by atoms with Crippen LogP contribution in [-0.4, -0.2) is 41.4 Å². The van der Waals surface area contributed by atoms with Gasteiger partial charge >= 0.3 is 0 Å². The van der Waals surface area contributed by atoms with Crippen molar-refractivity contribution < 1.29 is 13.3 Å². The zero-order valence-electron chi connectivity index (χ0n) is 15.9. The summed E-state index contributed by atoms with van der Waals surface area (Å²) in [5, 5.41) is 16.9. The van der Waals surface area contributed by atoms with Gasteiger partial charge in [-0.3, -0.25) is 10.1 Å². The van der Waals surface area contributed by atoms with Crippen molar-refractivity contribution in [3.05, 3.63) is 70.7 Å². The van der Waals surface area contributed by atoms with Crippen LogP contribution >= 0.6 is 0 Å². The van der Waals surface area contributed by atoms with Gasteiger partial charge in [0.2, 0.25) is 10.0 Å². The van der Waals surface area contributed by atoms with Crippen molar-refractivity contribution in [1.82, 2.24) is 19.7 Å². The molecule has 3 aromatic rings. The summed E-state index contributed by atoms with van der Waals surface area (Å²) in [6, 6.07) is 10.3. The molecule has 0 amide bonds. The molecule has 2 aromatic heterocycles. The molecule has 3 N–H and O–H groups in total. The van der Waals surface area contributed by atoms with E-state index in [0.717, 1.165) is 11.6 Å². The topological polar surface area (TPSA) is 152 Å². The Balaban J connectivity index is 1.55. The number of nitro benzene ring substituents is 1. The van der Waals surface area contributed by atoms with E-state index in [1.54, 1.807) is 12.3 Å². The highest BCUT2D eigenvalue weighted by molar-refractivity contribution is 7.89. The number of nitrogens with zero attached hydrogens (tertiary/aromatic N) is 4. The maximum absolute atomic E-state index is 12.3. The van der Waals surface area contributed by atoms with Gasteiger partial charge in [-0.25, -0.2) is 28.1 Å². The Hall–Kier alpha value is -3.64. The number of sulfonamides is 1. The van der Waals surface area contributed by atoms with Crippen LogP contribution in [-0.2, 0) is 10.0 Å². The second-order valence-corrected chi connectivity index (χ2v) is 7.98. The van der Waals surface area contributed by atoms with Gasteiger partial charge in [-0.2, -0.15) is 0 Å². The van der Waals surface area contributed by atoms with Crippen LogP contribution in [0.2, 0.25) is 0 Å². The largest absolute Gasteiger partial charge is 0.369 e. The number of nitro groups is 1. The summed E-state index contributed by atoms with van der Waals surface area (Å²) in [6.07, 6.45) is 3.05. The zero-order valence-corrected chi connectivity index (χ0v) is 16.8. The maximum atomic E-state index is 12.3. The molecule has 156 valence electrons. The van der Waals surface area contributed by atoms with E-state index in [2.05, 4.69) is 30.3 Å². The van der Waals surface area contributed by atoms with Crippen molar-refractivity contribution in [2.24, 2.45) is 0 Å². The Morgan fingerprint density at radius 3 is 2.53 bits per heavy atom. The first kappa shape index (κ1) is 21.1. The molecule has 3 rings (SSSR count). The van der Waals surface area contributed by atoms with Gasteiger partial charge < -0.3 is 10.6 Å². The van der Waals surface area contributed by atoms with Crippen LogP contribution in [0.5, 0.6) is 0 Å². The van der Waals surface area contributed by atoms with Crippen molar-refractivity contribution in [2.75, 3.05) is 23.7 Å². The minimum atomic E-state index is -3.87. The summed E-state index contributed by atoms with van der Waals surface area (Å²) in [4.78, 5) is 22.4. The molecule has 0 aliphatic carbocycles. The third-order valence-electron chi connectivity index (χ3n) is 3.90. The molecule has 12 heteroatoms. The quantitative estimate of drug-likeness (QED) is 0.264. The molecule has 2 heterocycles. The minimum absolute atomic E-state index is 0.0528. The first-order valence-corrected chi connectivity index (χ1v) is 10.3. The molecule has 0 spiro atoms. The van der Waals surface area contributed by atoms with Crippen molar-refractivity contribution in [2.45, 2.75) is 11.8 Å². The molecule has 0 radical (unpaired) electrons. The van der Waals surface area contributed by atoms with Crippen molar-refractivity contribution in [3.63, 3.8) is 0 Å². The van der Waals surface area contributed by atoms with Crippen molar-refractivity contribution >= 4 is 33.2 Å². The van der Waals surface area contributed by atoms with Gasteiger partial charge in [0, 0.05) is 37.5 Å². The second-order valence-electron chi connectivity index (χ2n) is 6.21. The molecule has 0 saturated carbocycles. The van der Waals surface area contributed by atoms with E-state index in [4.69, 9.17) is 0 Å². The third-order valence-corrected chi connectivity index (χ3v) is 5.36. The van der Waals surface area contributed by atoms with Gasteiger partial charge in [0.1, 0.15) is 23.8 Å². The molecule has 0 atom stereocenters. The predicted molar refractivity (Wildman–Crippen MR) is 111 cm³/mol. The zero-order chi connectivity index (χ0) is 21.6. The first-order chi connectivity index (χ1) is 14.3. The number of anilines is 3. The van der Waals surface area contributed by atoms with Crippen molar-refractivity contribution in [1.29, 1.82) is 0 Å². The Morgan fingerprint density at radius 2 is 1.77 bits per heavy atom. The summed E-state index contributed by atoms with van der Waals surface area (Å²) in [5.41, 5.74) is 0.760.